The van der Waals surface area contributed by atoms with Gasteiger partial charge in [0.25, 0.3) is 0 Å². The summed E-state index contributed by atoms with van der Waals surface area (Å²) in [6.45, 7) is 13.3. The van der Waals surface area contributed by atoms with Crippen molar-refractivity contribution in [2.24, 2.45) is 0 Å². The van der Waals surface area contributed by atoms with E-state index in [1.807, 2.05) is 24.3 Å². The van der Waals surface area contributed by atoms with Crippen LogP contribution < -0.4 is 0 Å². The lowest BCUT2D eigenvalue weighted by Crippen LogP contribution is -2.10. The van der Waals surface area contributed by atoms with Crippen molar-refractivity contribution in [2.75, 3.05) is 14.2 Å². The van der Waals surface area contributed by atoms with E-state index in [0.29, 0.717) is 11.1 Å². The number of H-pyrrole nitrogens is 2. The van der Waals surface area contributed by atoms with Gasteiger partial charge in [0, 0.05) is 44.3 Å². The Kier molecular flexibility index (Phi) is 10.6. The lowest BCUT2D eigenvalue weighted by molar-refractivity contribution is 0.0592. The van der Waals surface area contributed by atoms with Crippen LogP contribution in [0.3, 0.4) is 0 Å². The zero-order chi connectivity index (χ0) is 44.9. The van der Waals surface area contributed by atoms with Crippen molar-refractivity contribution in [3.63, 3.8) is 0 Å². The number of hydrogen-bond acceptors (Lipinski definition) is 6. The maximum atomic E-state index is 12.5. The number of esters is 2. The van der Waals surface area contributed by atoms with E-state index in [0.717, 1.165) is 89.4 Å². The minimum Gasteiger partial charge on any atom is -0.465 e. The fourth-order valence-electron chi connectivity index (χ4n) is 8.48. The third kappa shape index (κ3) is 7.88. The van der Waals surface area contributed by atoms with E-state index in [1.54, 1.807) is 24.3 Å². The number of fused-ring (bicyclic) bond motifs is 8. The Labute approximate surface area is 373 Å². The van der Waals surface area contributed by atoms with Crippen LogP contribution in [0.15, 0.2) is 121 Å². The first-order valence-corrected chi connectivity index (χ1v) is 21.5. The van der Waals surface area contributed by atoms with Gasteiger partial charge in [-0.25, -0.2) is 19.6 Å². The number of rotatable bonds is 6. The normalized spacial score (nSPS) is 12.4. The van der Waals surface area contributed by atoms with Gasteiger partial charge < -0.3 is 19.4 Å². The van der Waals surface area contributed by atoms with E-state index in [-0.39, 0.29) is 10.8 Å². The highest BCUT2D eigenvalue weighted by molar-refractivity contribution is 6.00. The lowest BCUT2D eigenvalue weighted by Gasteiger charge is -2.19. The number of nitrogens with one attached hydrogen (secondary N) is 2. The Morgan fingerprint density at radius 3 is 0.875 bits per heavy atom. The van der Waals surface area contributed by atoms with Crippen LogP contribution in [0.25, 0.3) is 90.9 Å². The highest BCUT2D eigenvalue weighted by Crippen LogP contribution is 2.39. The number of ether oxygens (including phenoxy) is 2. The van der Waals surface area contributed by atoms with E-state index in [9.17, 15) is 9.59 Å². The lowest BCUT2D eigenvalue weighted by atomic mass is 9.86. The zero-order valence-electron chi connectivity index (χ0n) is 37.4. The second-order valence-corrected chi connectivity index (χ2v) is 18.3. The van der Waals surface area contributed by atoms with Crippen molar-refractivity contribution < 1.29 is 19.1 Å². The van der Waals surface area contributed by atoms with Crippen LogP contribution in [-0.2, 0) is 20.3 Å². The maximum absolute atomic E-state index is 12.5. The molecule has 2 aliphatic rings. The van der Waals surface area contributed by atoms with Gasteiger partial charge in [0.1, 0.15) is 0 Å². The first kappa shape index (κ1) is 41.8. The molecule has 0 saturated heterocycles. The van der Waals surface area contributed by atoms with Gasteiger partial charge in [-0.1, -0.05) is 114 Å². The van der Waals surface area contributed by atoms with E-state index in [1.165, 1.54) is 25.3 Å². The van der Waals surface area contributed by atoms with E-state index < -0.39 is 11.9 Å². The number of aromatic amines is 2. The number of hydrogen-bond donors (Lipinski definition) is 2. The summed E-state index contributed by atoms with van der Waals surface area (Å²) in [6.07, 6.45) is 8.27. The van der Waals surface area contributed by atoms with Gasteiger partial charge in [0.2, 0.25) is 0 Å². The molecule has 5 heterocycles. The van der Waals surface area contributed by atoms with Gasteiger partial charge in [0.05, 0.1) is 48.1 Å². The molecule has 3 aromatic heterocycles. The highest BCUT2D eigenvalue weighted by Gasteiger charge is 2.21. The summed E-state index contributed by atoms with van der Waals surface area (Å²) in [6, 6.07) is 40.7. The minimum atomic E-state index is -0.399. The molecule has 0 spiro atoms. The molecule has 8 nitrogen and oxygen atoms in total. The predicted octanol–water partition coefficient (Wildman–Crippen LogP) is 13.5. The SMILES string of the molecule is COC(=O)c1ccc(-c2c3nc(c(-c4ccc(C(C)(C)C)cc4)c4ccc([nH]4)c(-c4ccc(C(=O)OC)cc4)c4nc(c(-c5ccc(C(C)(C)C)cc5)c5ccc2[nH]5)C=C4)C=C3)cc1. The Morgan fingerprint density at radius 1 is 0.391 bits per heavy atom. The maximum Gasteiger partial charge on any atom is 0.337 e. The van der Waals surface area contributed by atoms with Gasteiger partial charge in [0.15, 0.2) is 0 Å². The van der Waals surface area contributed by atoms with Crippen molar-refractivity contribution in [3.05, 3.63) is 166 Å². The van der Waals surface area contributed by atoms with Gasteiger partial charge in [-0.3, -0.25) is 0 Å². The van der Waals surface area contributed by atoms with Gasteiger partial charge >= 0.3 is 11.9 Å². The smallest absolute Gasteiger partial charge is 0.337 e. The molecule has 4 aromatic carbocycles. The summed E-state index contributed by atoms with van der Waals surface area (Å²) >= 11 is 0. The summed E-state index contributed by atoms with van der Waals surface area (Å²) in [5.74, 6) is -0.797. The Balaban J connectivity index is 1.41. The summed E-state index contributed by atoms with van der Waals surface area (Å²) in [5.41, 5.74) is 17.3. The largest absolute Gasteiger partial charge is 0.465 e. The molecule has 0 aliphatic carbocycles. The Hall–Kier alpha value is -7.58. The van der Waals surface area contributed by atoms with Crippen molar-refractivity contribution >= 4 is 58.3 Å². The summed E-state index contributed by atoms with van der Waals surface area (Å²) in [4.78, 5) is 43.5. The van der Waals surface area contributed by atoms with Crippen LogP contribution in [-0.4, -0.2) is 46.1 Å². The average molecular weight is 843 g/mol. The van der Waals surface area contributed by atoms with Crippen molar-refractivity contribution in [1.82, 2.24) is 19.9 Å². The van der Waals surface area contributed by atoms with Gasteiger partial charge in [-0.15, -0.1) is 0 Å². The molecule has 64 heavy (non-hydrogen) atoms. The molecule has 7 aromatic rings. The van der Waals surface area contributed by atoms with Crippen molar-refractivity contribution in [2.45, 2.75) is 52.4 Å². The second kappa shape index (κ2) is 16.3. The number of carbonyl (C=O) groups excluding carboxylic acids is 2. The van der Waals surface area contributed by atoms with E-state index >= 15 is 0 Å². The Bertz CT molecular complexity index is 2970. The summed E-state index contributed by atoms with van der Waals surface area (Å²) in [7, 11) is 2.77. The molecule has 8 bridgehead atoms. The van der Waals surface area contributed by atoms with Crippen LogP contribution in [0.2, 0.25) is 0 Å². The van der Waals surface area contributed by atoms with Crippen LogP contribution in [0.1, 0.15) is 96.2 Å². The topological polar surface area (TPSA) is 110 Å². The molecule has 0 atom stereocenters. The predicted molar refractivity (Wildman–Crippen MR) is 261 cm³/mol. The molecule has 8 heteroatoms. The van der Waals surface area contributed by atoms with Crippen LogP contribution >= 0.6 is 0 Å². The van der Waals surface area contributed by atoms with Gasteiger partial charge in [-0.05, 0) is 117 Å². The van der Waals surface area contributed by atoms with E-state index in [4.69, 9.17) is 19.4 Å². The van der Waals surface area contributed by atoms with Crippen LogP contribution in [0, 0.1) is 0 Å². The molecule has 0 saturated carbocycles. The fourth-order valence-corrected chi connectivity index (χ4v) is 8.48. The van der Waals surface area contributed by atoms with Crippen molar-refractivity contribution in [1.29, 1.82) is 0 Å². The average Bonchev–Trinajstić information content (AvgIpc) is 4.14. The fraction of sp³-hybridized carbons (Fsp3) is 0.179. The molecule has 0 radical (unpaired) electrons. The van der Waals surface area contributed by atoms with Crippen molar-refractivity contribution in [3.8, 4) is 44.5 Å². The number of carbonyl (C=O) groups is 2. The standard InChI is InChI=1S/C56H50N4O4/c1-55(2,3)39-21-17-35(18-22-39)51-45-29-25-41(57-45)49(33-9-13-37(14-10-33)53(61)63-7)43-27-31-47(59-43)52(36-19-23-40(24-20-36)56(4,5)6)48-32-28-44(60-48)50(42-26-30-46(51)58-42)34-11-15-38(16-12-34)54(62)64-8/h9-32,57,60H,1-8H3. The second-order valence-electron chi connectivity index (χ2n) is 18.3. The number of nitrogens with zero attached hydrogens (tertiary/aromatic N) is 2. The molecule has 0 amide bonds. The molecule has 0 unspecified atom stereocenters. The first-order valence-electron chi connectivity index (χ1n) is 21.5. The van der Waals surface area contributed by atoms with Crippen LogP contribution in [0.5, 0.6) is 0 Å². The molecule has 2 aliphatic heterocycles. The molecular formula is C56H50N4O4. The van der Waals surface area contributed by atoms with E-state index in [2.05, 4.69) is 149 Å². The van der Waals surface area contributed by atoms with Crippen LogP contribution in [0.4, 0.5) is 0 Å². The minimum absolute atomic E-state index is 0.0248. The molecular weight excluding hydrogens is 793 g/mol. The number of aromatic nitrogens is 4. The summed E-state index contributed by atoms with van der Waals surface area (Å²) < 4.78 is 10.1. The quantitative estimate of drug-likeness (QED) is 0.161. The number of methoxy groups -OCH3 is 2. The molecule has 9 rings (SSSR count). The molecule has 0 fully saturated rings. The number of benzene rings is 4. The zero-order valence-corrected chi connectivity index (χ0v) is 37.4. The molecule has 318 valence electrons. The third-order valence-corrected chi connectivity index (χ3v) is 12.0. The highest BCUT2D eigenvalue weighted by atomic mass is 16.5. The monoisotopic (exact) mass is 842 g/mol. The Morgan fingerprint density at radius 2 is 0.641 bits per heavy atom. The van der Waals surface area contributed by atoms with Gasteiger partial charge in [-0.2, -0.15) is 0 Å². The molecule has 2 N–H and O–H groups in total. The summed E-state index contributed by atoms with van der Waals surface area (Å²) in [5, 5.41) is 0. The first-order chi connectivity index (χ1) is 30.7. The third-order valence-electron chi connectivity index (χ3n) is 12.0.